The highest BCUT2D eigenvalue weighted by Crippen LogP contribution is 2.36. The monoisotopic (exact) mass is 301 g/mol. The smallest absolute Gasteiger partial charge is 0.0655 e. The second-order valence-electron chi connectivity index (χ2n) is 7.78. The molecule has 2 saturated carbocycles. The molecule has 0 aromatic heterocycles. The Labute approximate surface area is 138 Å². The van der Waals surface area contributed by atoms with E-state index in [1.807, 2.05) is 0 Å². The molecule has 2 aliphatic rings. The van der Waals surface area contributed by atoms with Gasteiger partial charge in [0, 0.05) is 5.92 Å². The van der Waals surface area contributed by atoms with E-state index in [9.17, 15) is 0 Å². The molecule has 0 aromatic carbocycles. The standard InChI is InChI=1S/C21H35N/c1-2-3-4-5-6-18-7-9-19(10-8-18)11-12-20-13-15-21(17-22)16-14-20/h5-6,18-21H,2-4,7-16H2,1H3/b6-5+/t18-,19-,20?,21?. The van der Waals surface area contributed by atoms with Gasteiger partial charge in [0.15, 0.2) is 0 Å². The maximum absolute atomic E-state index is 8.97. The summed E-state index contributed by atoms with van der Waals surface area (Å²) < 4.78 is 0. The number of hydrogen-bond acceptors (Lipinski definition) is 1. The van der Waals surface area contributed by atoms with Crippen LogP contribution in [0.4, 0.5) is 0 Å². The number of unbranched alkanes of at least 4 members (excludes halogenated alkanes) is 2. The van der Waals surface area contributed by atoms with Crippen molar-refractivity contribution in [3.63, 3.8) is 0 Å². The molecular formula is C21H35N. The molecule has 2 rings (SSSR count). The van der Waals surface area contributed by atoms with Crippen LogP contribution in [-0.4, -0.2) is 0 Å². The fourth-order valence-corrected chi connectivity index (χ4v) is 4.33. The lowest BCUT2D eigenvalue weighted by Crippen LogP contribution is -2.17. The van der Waals surface area contributed by atoms with Crippen molar-refractivity contribution in [3.8, 4) is 6.07 Å². The van der Waals surface area contributed by atoms with Gasteiger partial charge in [0.05, 0.1) is 6.07 Å². The lowest BCUT2D eigenvalue weighted by Gasteiger charge is -2.30. The second-order valence-corrected chi connectivity index (χ2v) is 7.78. The van der Waals surface area contributed by atoms with Gasteiger partial charge in [-0.1, -0.05) is 44.8 Å². The van der Waals surface area contributed by atoms with Gasteiger partial charge in [0.25, 0.3) is 0 Å². The van der Waals surface area contributed by atoms with E-state index in [1.165, 1.54) is 70.6 Å². The first-order valence-electron chi connectivity index (χ1n) is 9.88. The van der Waals surface area contributed by atoms with Gasteiger partial charge in [-0.15, -0.1) is 0 Å². The van der Waals surface area contributed by atoms with E-state index in [4.69, 9.17) is 5.26 Å². The van der Waals surface area contributed by atoms with Crippen molar-refractivity contribution in [1.29, 1.82) is 5.26 Å². The predicted molar refractivity (Wildman–Crippen MR) is 94.4 cm³/mol. The van der Waals surface area contributed by atoms with Crippen LogP contribution in [0.2, 0.25) is 0 Å². The Balaban J connectivity index is 1.56. The van der Waals surface area contributed by atoms with E-state index < -0.39 is 0 Å². The van der Waals surface area contributed by atoms with E-state index in [-0.39, 0.29) is 0 Å². The van der Waals surface area contributed by atoms with Crippen molar-refractivity contribution >= 4 is 0 Å². The number of allylic oxidation sites excluding steroid dienone is 2. The molecule has 0 N–H and O–H groups in total. The highest BCUT2D eigenvalue weighted by atomic mass is 14.3. The third kappa shape index (κ3) is 6.15. The Morgan fingerprint density at radius 3 is 2.05 bits per heavy atom. The summed E-state index contributed by atoms with van der Waals surface area (Å²) in [7, 11) is 0. The third-order valence-electron chi connectivity index (χ3n) is 6.04. The van der Waals surface area contributed by atoms with Crippen LogP contribution in [0, 0.1) is 35.0 Å². The number of hydrogen-bond donors (Lipinski definition) is 0. The third-order valence-corrected chi connectivity index (χ3v) is 6.04. The molecule has 0 aliphatic heterocycles. The first-order valence-corrected chi connectivity index (χ1v) is 9.88. The topological polar surface area (TPSA) is 23.8 Å². The minimum atomic E-state index is 0.367. The zero-order valence-corrected chi connectivity index (χ0v) is 14.6. The van der Waals surface area contributed by atoms with Crippen LogP contribution in [0.5, 0.6) is 0 Å². The molecule has 0 atom stereocenters. The summed E-state index contributed by atoms with van der Waals surface area (Å²) in [5.74, 6) is 3.16. The maximum atomic E-state index is 8.97. The fraction of sp³-hybridized carbons (Fsp3) is 0.857. The van der Waals surface area contributed by atoms with Gasteiger partial charge >= 0.3 is 0 Å². The first kappa shape index (κ1) is 17.6. The molecular weight excluding hydrogens is 266 g/mol. The lowest BCUT2D eigenvalue weighted by atomic mass is 9.76. The first-order chi connectivity index (χ1) is 10.8. The Morgan fingerprint density at radius 2 is 1.50 bits per heavy atom. The van der Waals surface area contributed by atoms with Crippen molar-refractivity contribution < 1.29 is 0 Å². The van der Waals surface area contributed by atoms with Gasteiger partial charge in [-0.05, 0) is 75.5 Å². The Hall–Kier alpha value is -0.770. The molecule has 0 bridgehead atoms. The zero-order chi connectivity index (χ0) is 15.6. The SMILES string of the molecule is CCCC/C=C/[C@H]1CC[C@H](CCC2CCC(C#N)CC2)CC1. The average Bonchev–Trinajstić information content (AvgIpc) is 2.58. The van der Waals surface area contributed by atoms with E-state index in [0.717, 1.165) is 30.6 Å². The van der Waals surface area contributed by atoms with Crippen molar-refractivity contribution in [2.75, 3.05) is 0 Å². The molecule has 0 heterocycles. The summed E-state index contributed by atoms with van der Waals surface area (Å²) in [6.45, 7) is 2.27. The molecule has 1 nitrogen and oxygen atoms in total. The molecule has 2 aliphatic carbocycles. The molecule has 2 fully saturated rings. The van der Waals surface area contributed by atoms with Crippen molar-refractivity contribution in [3.05, 3.63) is 12.2 Å². The van der Waals surface area contributed by atoms with Gasteiger partial charge in [0.1, 0.15) is 0 Å². The Morgan fingerprint density at radius 1 is 0.909 bits per heavy atom. The highest BCUT2D eigenvalue weighted by Gasteiger charge is 2.23. The van der Waals surface area contributed by atoms with Crippen LogP contribution in [0.25, 0.3) is 0 Å². The van der Waals surface area contributed by atoms with Crippen LogP contribution in [0.15, 0.2) is 12.2 Å². The molecule has 0 saturated heterocycles. The number of nitrogens with zero attached hydrogens (tertiary/aromatic N) is 1. The Bertz CT molecular complexity index is 349. The van der Waals surface area contributed by atoms with Gasteiger partial charge in [-0.25, -0.2) is 0 Å². The van der Waals surface area contributed by atoms with Gasteiger partial charge in [-0.3, -0.25) is 0 Å². The minimum Gasteiger partial charge on any atom is -0.198 e. The van der Waals surface area contributed by atoms with Crippen molar-refractivity contribution in [2.45, 2.75) is 90.4 Å². The summed E-state index contributed by atoms with van der Waals surface area (Å²) >= 11 is 0. The van der Waals surface area contributed by atoms with Crippen LogP contribution < -0.4 is 0 Å². The predicted octanol–water partition coefficient (Wildman–Crippen LogP) is 6.65. The summed E-state index contributed by atoms with van der Waals surface area (Å²) in [5, 5.41) is 8.97. The zero-order valence-electron chi connectivity index (χ0n) is 14.6. The molecule has 22 heavy (non-hydrogen) atoms. The summed E-state index contributed by atoms with van der Waals surface area (Å²) in [6.07, 6.45) is 22.5. The summed E-state index contributed by atoms with van der Waals surface area (Å²) in [6, 6.07) is 2.45. The minimum absolute atomic E-state index is 0.367. The molecule has 0 radical (unpaired) electrons. The van der Waals surface area contributed by atoms with E-state index in [0.29, 0.717) is 5.92 Å². The van der Waals surface area contributed by atoms with E-state index in [1.54, 1.807) is 0 Å². The van der Waals surface area contributed by atoms with E-state index >= 15 is 0 Å². The fourth-order valence-electron chi connectivity index (χ4n) is 4.33. The second kappa shape index (κ2) is 10.1. The van der Waals surface area contributed by atoms with Crippen LogP contribution >= 0.6 is 0 Å². The van der Waals surface area contributed by atoms with Crippen LogP contribution in [0.3, 0.4) is 0 Å². The average molecular weight is 302 g/mol. The van der Waals surface area contributed by atoms with Crippen molar-refractivity contribution in [2.24, 2.45) is 23.7 Å². The largest absolute Gasteiger partial charge is 0.198 e. The molecule has 0 unspecified atom stereocenters. The van der Waals surface area contributed by atoms with Gasteiger partial charge in [0.2, 0.25) is 0 Å². The highest BCUT2D eigenvalue weighted by molar-refractivity contribution is 4.91. The molecule has 124 valence electrons. The summed E-state index contributed by atoms with van der Waals surface area (Å²) in [5.41, 5.74) is 0. The Kier molecular flexibility index (Phi) is 8.06. The quantitative estimate of drug-likeness (QED) is 0.381. The number of nitriles is 1. The summed E-state index contributed by atoms with van der Waals surface area (Å²) in [4.78, 5) is 0. The number of rotatable bonds is 7. The van der Waals surface area contributed by atoms with Gasteiger partial charge in [-0.2, -0.15) is 5.26 Å². The molecule has 0 aromatic rings. The van der Waals surface area contributed by atoms with E-state index in [2.05, 4.69) is 25.1 Å². The van der Waals surface area contributed by atoms with Crippen molar-refractivity contribution in [1.82, 2.24) is 0 Å². The molecule has 0 spiro atoms. The lowest BCUT2D eigenvalue weighted by molar-refractivity contribution is 0.242. The molecule has 0 amide bonds. The van der Waals surface area contributed by atoms with Crippen LogP contribution in [-0.2, 0) is 0 Å². The molecule has 1 heteroatoms. The van der Waals surface area contributed by atoms with Gasteiger partial charge < -0.3 is 0 Å². The maximum Gasteiger partial charge on any atom is 0.0655 e. The normalized spacial score (nSPS) is 32.9. The van der Waals surface area contributed by atoms with Crippen LogP contribution in [0.1, 0.15) is 90.4 Å².